The molecule has 27 heavy (non-hydrogen) atoms. The molecule has 0 aliphatic carbocycles. The summed E-state index contributed by atoms with van der Waals surface area (Å²) in [5.41, 5.74) is 3.90. The minimum Gasteiger partial charge on any atom is -0.384 e. The summed E-state index contributed by atoms with van der Waals surface area (Å²) in [7, 11) is -1.57. The standard InChI is InChI=1S/C20H20N4O2S/c1-13(21)17-19(22-2)18(15-10-7-11-16(12-15)27(3,25)26)24-20(23-17)14-8-5-4-6-9-14/h4-12,21-22H,1-3H3/p+1. The molecule has 3 rings (SSSR count). The van der Waals surface area contributed by atoms with E-state index < -0.39 is 9.84 Å². The van der Waals surface area contributed by atoms with Crippen LogP contribution in [0.2, 0.25) is 0 Å². The van der Waals surface area contributed by atoms with E-state index in [-0.39, 0.29) is 4.90 Å². The van der Waals surface area contributed by atoms with Gasteiger partial charge in [0.05, 0.1) is 16.3 Å². The third-order valence-corrected chi connectivity index (χ3v) is 5.21. The first-order valence-corrected chi connectivity index (χ1v) is 10.3. The molecule has 7 heteroatoms. The normalized spacial score (nSPS) is 11.2. The van der Waals surface area contributed by atoms with Crippen molar-refractivity contribution in [2.24, 2.45) is 0 Å². The third kappa shape index (κ3) is 3.88. The molecule has 0 unspecified atom stereocenters. The highest BCUT2D eigenvalue weighted by Crippen LogP contribution is 2.32. The predicted octanol–water partition coefficient (Wildman–Crippen LogP) is 1.82. The Morgan fingerprint density at radius 3 is 2.26 bits per heavy atom. The fraction of sp³-hybridized carbons (Fsp3) is 0.150. The maximum absolute atomic E-state index is 12.0. The van der Waals surface area contributed by atoms with Crippen LogP contribution in [0.5, 0.6) is 0 Å². The summed E-state index contributed by atoms with van der Waals surface area (Å²) in [5.74, 6) is 0.522. The lowest BCUT2D eigenvalue weighted by atomic mass is 10.1. The molecular formula is C20H21N4O2S+. The molecular weight excluding hydrogens is 360 g/mol. The summed E-state index contributed by atoms with van der Waals surface area (Å²) in [6.07, 6.45) is 1.18. The van der Waals surface area contributed by atoms with E-state index >= 15 is 0 Å². The maximum Gasteiger partial charge on any atom is 0.197 e. The Kier molecular flexibility index (Phi) is 5.05. The molecule has 2 aromatic carbocycles. The van der Waals surface area contributed by atoms with Gasteiger partial charge in [0.2, 0.25) is 0 Å². The van der Waals surface area contributed by atoms with Crippen LogP contribution < -0.4 is 10.7 Å². The van der Waals surface area contributed by atoms with Gasteiger partial charge in [-0.2, -0.15) is 0 Å². The van der Waals surface area contributed by atoms with Gasteiger partial charge < -0.3 is 5.32 Å². The van der Waals surface area contributed by atoms with E-state index in [0.29, 0.717) is 34.2 Å². The molecule has 0 fully saturated rings. The Bertz CT molecular complexity index is 1110. The minimum absolute atomic E-state index is 0.233. The lowest BCUT2D eigenvalue weighted by Crippen LogP contribution is -2.39. The Labute approximate surface area is 158 Å². The molecule has 1 aromatic heterocycles. The Morgan fingerprint density at radius 2 is 1.67 bits per heavy atom. The van der Waals surface area contributed by atoms with Crippen molar-refractivity contribution in [3.05, 3.63) is 60.3 Å². The SMILES string of the molecule is CNc1c(C(C)=[NH2+])nc(-c2ccccc2)nc1-c1cccc(S(C)(=O)=O)c1. The van der Waals surface area contributed by atoms with Crippen LogP contribution in [0.15, 0.2) is 59.5 Å². The number of nitrogens with one attached hydrogen (secondary N) is 1. The molecule has 6 nitrogen and oxygen atoms in total. The number of rotatable bonds is 5. The monoisotopic (exact) mass is 381 g/mol. The zero-order valence-electron chi connectivity index (χ0n) is 15.4. The van der Waals surface area contributed by atoms with Gasteiger partial charge in [-0.25, -0.2) is 18.4 Å². The van der Waals surface area contributed by atoms with Crippen LogP contribution in [0.1, 0.15) is 12.6 Å². The zero-order valence-corrected chi connectivity index (χ0v) is 16.2. The predicted molar refractivity (Wildman–Crippen MR) is 107 cm³/mol. The first-order chi connectivity index (χ1) is 12.8. The zero-order chi connectivity index (χ0) is 19.6. The van der Waals surface area contributed by atoms with Gasteiger partial charge in [0.1, 0.15) is 0 Å². The van der Waals surface area contributed by atoms with Gasteiger partial charge in [0.15, 0.2) is 27.1 Å². The van der Waals surface area contributed by atoms with Gasteiger partial charge in [-0.3, -0.25) is 5.41 Å². The molecule has 0 aliphatic heterocycles. The molecule has 0 amide bonds. The van der Waals surface area contributed by atoms with Crippen molar-refractivity contribution >= 4 is 21.2 Å². The van der Waals surface area contributed by atoms with E-state index in [9.17, 15) is 8.42 Å². The van der Waals surface area contributed by atoms with Crippen molar-refractivity contribution in [3.8, 4) is 22.6 Å². The number of sulfone groups is 1. The number of benzene rings is 2. The average molecular weight is 381 g/mol. The van der Waals surface area contributed by atoms with Crippen LogP contribution in [0.25, 0.3) is 22.6 Å². The number of hydrogen-bond acceptors (Lipinski definition) is 5. The highest BCUT2D eigenvalue weighted by Gasteiger charge is 2.20. The second-order valence-corrected chi connectivity index (χ2v) is 8.23. The first-order valence-electron chi connectivity index (χ1n) is 8.36. The van der Waals surface area contributed by atoms with Crippen molar-refractivity contribution in [2.75, 3.05) is 18.6 Å². The highest BCUT2D eigenvalue weighted by atomic mass is 32.2. The number of anilines is 1. The van der Waals surface area contributed by atoms with Crippen molar-refractivity contribution in [2.45, 2.75) is 11.8 Å². The van der Waals surface area contributed by atoms with Crippen molar-refractivity contribution in [1.29, 1.82) is 0 Å². The maximum atomic E-state index is 12.0. The van der Waals surface area contributed by atoms with E-state index in [4.69, 9.17) is 10.4 Å². The Balaban J connectivity index is 2.31. The fourth-order valence-corrected chi connectivity index (χ4v) is 3.45. The van der Waals surface area contributed by atoms with Gasteiger partial charge in [0.25, 0.3) is 0 Å². The minimum atomic E-state index is -3.34. The smallest absolute Gasteiger partial charge is 0.197 e. The molecule has 0 atom stereocenters. The van der Waals surface area contributed by atoms with Gasteiger partial charge in [0, 0.05) is 31.4 Å². The quantitative estimate of drug-likeness (QED) is 0.657. The number of hydrogen-bond donors (Lipinski definition) is 2. The molecule has 3 aromatic rings. The molecule has 3 N–H and O–H groups in total. The second-order valence-electron chi connectivity index (χ2n) is 6.22. The van der Waals surface area contributed by atoms with Crippen LogP contribution >= 0.6 is 0 Å². The summed E-state index contributed by atoms with van der Waals surface area (Å²) >= 11 is 0. The summed E-state index contributed by atoms with van der Waals surface area (Å²) in [6.45, 7) is 1.77. The lowest BCUT2D eigenvalue weighted by molar-refractivity contribution is -0.113. The second kappa shape index (κ2) is 7.28. The molecule has 138 valence electrons. The lowest BCUT2D eigenvalue weighted by Gasteiger charge is -2.14. The topological polar surface area (TPSA) is 97.5 Å². The van der Waals surface area contributed by atoms with E-state index in [1.807, 2.05) is 36.4 Å². The van der Waals surface area contributed by atoms with E-state index in [2.05, 4.69) is 10.3 Å². The van der Waals surface area contributed by atoms with Crippen LogP contribution in [-0.4, -0.2) is 37.4 Å². The molecule has 0 spiro atoms. The molecule has 1 heterocycles. The van der Waals surface area contributed by atoms with Crippen molar-refractivity contribution in [3.63, 3.8) is 0 Å². The first kappa shape index (κ1) is 18.7. The Hall–Kier alpha value is -3.06. The highest BCUT2D eigenvalue weighted by molar-refractivity contribution is 7.90. The van der Waals surface area contributed by atoms with E-state index in [1.54, 1.807) is 32.2 Å². The molecule has 0 aliphatic rings. The van der Waals surface area contributed by atoms with Crippen LogP contribution in [-0.2, 0) is 9.84 Å². The summed E-state index contributed by atoms with van der Waals surface area (Å²) in [4.78, 5) is 9.56. The molecule has 0 saturated carbocycles. The summed E-state index contributed by atoms with van der Waals surface area (Å²) in [6, 6.07) is 16.3. The number of nitrogens with zero attached hydrogens (tertiary/aromatic N) is 2. The largest absolute Gasteiger partial charge is 0.384 e. The molecule has 0 saturated heterocycles. The Morgan fingerprint density at radius 1 is 1.00 bits per heavy atom. The van der Waals surface area contributed by atoms with Crippen LogP contribution in [0, 0.1) is 0 Å². The summed E-state index contributed by atoms with van der Waals surface area (Å²) < 4.78 is 23.9. The van der Waals surface area contributed by atoms with Crippen LogP contribution in [0.3, 0.4) is 0 Å². The van der Waals surface area contributed by atoms with E-state index in [0.717, 1.165) is 5.56 Å². The average Bonchev–Trinajstić information content (AvgIpc) is 2.67. The van der Waals surface area contributed by atoms with E-state index in [1.165, 1.54) is 6.26 Å². The number of aromatic nitrogens is 2. The van der Waals surface area contributed by atoms with Gasteiger partial charge in [-0.15, -0.1) is 0 Å². The van der Waals surface area contributed by atoms with Crippen molar-refractivity contribution < 1.29 is 13.8 Å². The third-order valence-electron chi connectivity index (χ3n) is 4.10. The molecule has 0 bridgehead atoms. The molecule has 0 radical (unpaired) electrons. The van der Waals surface area contributed by atoms with Gasteiger partial charge in [-0.05, 0) is 12.1 Å². The number of nitrogens with two attached hydrogens (primary N) is 1. The fourth-order valence-electron chi connectivity index (χ4n) is 2.78. The van der Waals surface area contributed by atoms with Crippen molar-refractivity contribution in [1.82, 2.24) is 9.97 Å². The van der Waals surface area contributed by atoms with Crippen LogP contribution in [0.4, 0.5) is 5.69 Å². The van der Waals surface area contributed by atoms with Gasteiger partial charge in [-0.1, -0.05) is 42.5 Å². The summed E-state index contributed by atoms with van der Waals surface area (Å²) in [5, 5.41) is 9.18. The van der Waals surface area contributed by atoms with Gasteiger partial charge >= 0.3 is 0 Å².